The van der Waals surface area contributed by atoms with Crippen molar-refractivity contribution >= 4 is 47.0 Å². The number of aromatic nitrogens is 1. The van der Waals surface area contributed by atoms with Gasteiger partial charge in [-0.25, -0.2) is 4.98 Å². The van der Waals surface area contributed by atoms with Crippen LogP contribution in [0.1, 0.15) is 23.2 Å². The van der Waals surface area contributed by atoms with Crippen molar-refractivity contribution in [1.82, 2.24) is 15.6 Å². The minimum absolute atomic E-state index is 0. The van der Waals surface area contributed by atoms with Crippen LogP contribution >= 0.6 is 35.3 Å². The van der Waals surface area contributed by atoms with Gasteiger partial charge in [-0.2, -0.15) is 0 Å². The van der Waals surface area contributed by atoms with Crippen LogP contribution in [0.4, 0.5) is 5.69 Å². The van der Waals surface area contributed by atoms with E-state index in [4.69, 9.17) is 0 Å². The van der Waals surface area contributed by atoms with Crippen molar-refractivity contribution in [2.75, 3.05) is 31.6 Å². The Bertz CT molecular complexity index is 688. The minimum Gasteiger partial charge on any atom is -0.369 e. The fourth-order valence-electron chi connectivity index (χ4n) is 3.05. The highest BCUT2D eigenvalue weighted by molar-refractivity contribution is 14.0. The number of anilines is 1. The molecule has 1 saturated heterocycles. The van der Waals surface area contributed by atoms with Gasteiger partial charge in [0.05, 0.1) is 5.01 Å². The Hall–Kier alpha value is -1.35. The van der Waals surface area contributed by atoms with Crippen molar-refractivity contribution < 1.29 is 0 Å². The largest absolute Gasteiger partial charge is 0.369 e. The number of halogens is 1. The molecular weight excluding hydrogens is 457 g/mol. The number of nitrogens with zero attached hydrogens (tertiary/aromatic N) is 3. The van der Waals surface area contributed by atoms with Crippen LogP contribution in [-0.2, 0) is 12.8 Å². The van der Waals surface area contributed by atoms with E-state index in [1.165, 1.54) is 15.6 Å². The standard InChI is InChI=1S/C19H27N5S.HI/c1-3-17-13-22-18(25-17)9-11-21-19(20-2)23-15-10-12-24(14-15)16-7-5-4-6-8-16;/h4-8,13,15H,3,9-12,14H2,1-2H3,(H2,20,21,23);1H. The monoisotopic (exact) mass is 485 g/mol. The Morgan fingerprint density at radius 2 is 2.15 bits per heavy atom. The number of hydrogen-bond donors (Lipinski definition) is 2. The zero-order chi connectivity index (χ0) is 17.5. The molecule has 0 saturated carbocycles. The van der Waals surface area contributed by atoms with Crippen LogP contribution in [0.3, 0.4) is 0 Å². The molecule has 0 amide bonds. The van der Waals surface area contributed by atoms with Gasteiger partial charge in [-0.05, 0) is 25.0 Å². The third-order valence-corrected chi connectivity index (χ3v) is 5.66. The molecule has 1 aliphatic heterocycles. The quantitative estimate of drug-likeness (QED) is 0.375. The van der Waals surface area contributed by atoms with Gasteiger partial charge < -0.3 is 15.5 Å². The lowest BCUT2D eigenvalue weighted by molar-refractivity contribution is 0.648. The van der Waals surface area contributed by atoms with Gasteiger partial charge in [0.25, 0.3) is 0 Å². The summed E-state index contributed by atoms with van der Waals surface area (Å²) in [6, 6.07) is 11.0. The van der Waals surface area contributed by atoms with E-state index in [9.17, 15) is 0 Å². The molecule has 2 N–H and O–H groups in total. The number of nitrogens with one attached hydrogen (secondary N) is 2. The van der Waals surface area contributed by atoms with E-state index in [1.807, 2.05) is 13.2 Å². The number of thiazole rings is 1. The average molecular weight is 485 g/mol. The Balaban J connectivity index is 0.00000243. The van der Waals surface area contributed by atoms with Gasteiger partial charge in [-0.1, -0.05) is 25.1 Å². The van der Waals surface area contributed by atoms with Gasteiger partial charge in [-0.15, -0.1) is 35.3 Å². The molecule has 0 radical (unpaired) electrons. The summed E-state index contributed by atoms with van der Waals surface area (Å²) in [5, 5.41) is 8.15. The Kier molecular flexibility index (Phi) is 8.64. The number of rotatable bonds is 6. The predicted molar refractivity (Wildman–Crippen MR) is 122 cm³/mol. The molecule has 1 atom stereocenters. The highest BCUT2D eigenvalue weighted by Crippen LogP contribution is 2.19. The van der Waals surface area contributed by atoms with Gasteiger partial charge in [0.2, 0.25) is 0 Å². The molecule has 26 heavy (non-hydrogen) atoms. The van der Waals surface area contributed by atoms with Crippen molar-refractivity contribution in [3.8, 4) is 0 Å². The van der Waals surface area contributed by atoms with Crippen LogP contribution in [0.5, 0.6) is 0 Å². The first-order chi connectivity index (χ1) is 12.3. The highest BCUT2D eigenvalue weighted by atomic mass is 127. The molecule has 7 heteroatoms. The number of para-hydroxylation sites is 1. The van der Waals surface area contributed by atoms with Gasteiger partial charge in [0, 0.05) is 55.9 Å². The lowest BCUT2D eigenvalue weighted by Crippen LogP contribution is -2.45. The second-order valence-corrected chi connectivity index (χ2v) is 7.43. The predicted octanol–water partition coefficient (Wildman–Crippen LogP) is 3.31. The van der Waals surface area contributed by atoms with Gasteiger partial charge >= 0.3 is 0 Å². The SMILES string of the molecule is CCc1cnc(CCNC(=NC)NC2CCN(c3ccccc3)C2)s1.I. The summed E-state index contributed by atoms with van der Waals surface area (Å²) in [7, 11) is 1.83. The van der Waals surface area contributed by atoms with Crippen LogP contribution in [-0.4, -0.2) is 43.7 Å². The number of guanidine groups is 1. The zero-order valence-electron chi connectivity index (χ0n) is 15.4. The van der Waals surface area contributed by atoms with E-state index >= 15 is 0 Å². The molecule has 1 aromatic carbocycles. The van der Waals surface area contributed by atoms with Gasteiger partial charge in [0.15, 0.2) is 5.96 Å². The molecule has 1 unspecified atom stereocenters. The molecule has 3 rings (SSSR count). The normalized spacial score (nSPS) is 17.1. The molecular formula is C19H28IN5S. The molecule has 0 bridgehead atoms. The number of aryl methyl sites for hydroxylation is 1. The van der Waals surface area contributed by atoms with Crippen molar-refractivity contribution in [3.63, 3.8) is 0 Å². The summed E-state index contributed by atoms with van der Waals surface area (Å²) in [5.74, 6) is 0.882. The van der Waals surface area contributed by atoms with Crippen molar-refractivity contribution in [1.29, 1.82) is 0 Å². The lowest BCUT2D eigenvalue weighted by Gasteiger charge is -2.20. The maximum absolute atomic E-state index is 4.47. The van der Waals surface area contributed by atoms with Crippen LogP contribution in [0, 0.1) is 0 Å². The Morgan fingerprint density at radius 1 is 1.35 bits per heavy atom. The molecule has 2 heterocycles. The molecule has 1 fully saturated rings. The van der Waals surface area contributed by atoms with Crippen molar-refractivity contribution in [2.24, 2.45) is 4.99 Å². The summed E-state index contributed by atoms with van der Waals surface area (Å²) in [5.41, 5.74) is 1.30. The maximum atomic E-state index is 4.47. The van der Waals surface area contributed by atoms with E-state index in [2.05, 4.69) is 62.8 Å². The van der Waals surface area contributed by atoms with E-state index in [1.54, 1.807) is 11.3 Å². The Labute approximate surface area is 177 Å². The van der Waals surface area contributed by atoms with Crippen molar-refractivity contribution in [3.05, 3.63) is 46.4 Å². The fraction of sp³-hybridized carbons (Fsp3) is 0.474. The van der Waals surface area contributed by atoms with Gasteiger partial charge in [0.1, 0.15) is 0 Å². The van der Waals surface area contributed by atoms with E-state index in [0.717, 1.165) is 44.9 Å². The van der Waals surface area contributed by atoms with Crippen LogP contribution in [0.2, 0.25) is 0 Å². The number of benzene rings is 1. The molecule has 142 valence electrons. The molecule has 0 aliphatic carbocycles. The first kappa shape index (κ1) is 21.0. The first-order valence-electron chi connectivity index (χ1n) is 8.99. The van der Waals surface area contributed by atoms with Crippen molar-refractivity contribution in [2.45, 2.75) is 32.2 Å². The second-order valence-electron chi connectivity index (χ2n) is 6.23. The third-order valence-electron chi connectivity index (χ3n) is 4.46. The number of aliphatic imine (C=N–C) groups is 1. The number of hydrogen-bond acceptors (Lipinski definition) is 4. The molecule has 2 aromatic rings. The van der Waals surface area contributed by atoms with E-state index < -0.39 is 0 Å². The summed E-state index contributed by atoms with van der Waals surface area (Å²) in [6.45, 7) is 5.11. The molecule has 1 aliphatic rings. The van der Waals surface area contributed by atoms with Gasteiger partial charge in [-0.3, -0.25) is 4.99 Å². The van der Waals surface area contributed by atoms with Crippen LogP contribution in [0.25, 0.3) is 0 Å². The summed E-state index contributed by atoms with van der Waals surface area (Å²) < 4.78 is 0. The molecule has 0 spiro atoms. The summed E-state index contributed by atoms with van der Waals surface area (Å²) in [6.07, 6.45) is 5.12. The lowest BCUT2D eigenvalue weighted by atomic mass is 10.3. The third kappa shape index (κ3) is 5.84. The van der Waals surface area contributed by atoms with Crippen LogP contribution < -0.4 is 15.5 Å². The fourth-order valence-corrected chi connectivity index (χ4v) is 3.92. The van der Waals surface area contributed by atoms with E-state index in [0.29, 0.717) is 6.04 Å². The topological polar surface area (TPSA) is 52.6 Å². The summed E-state index contributed by atoms with van der Waals surface area (Å²) in [4.78, 5) is 12.6. The minimum atomic E-state index is 0. The average Bonchev–Trinajstić information content (AvgIpc) is 3.31. The summed E-state index contributed by atoms with van der Waals surface area (Å²) >= 11 is 1.80. The van der Waals surface area contributed by atoms with Crippen LogP contribution in [0.15, 0.2) is 41.5 Å². The molecule has 5 nitrogen and oxygen atoms in total. The highest BCUT2D eigenvalue weighted by Gasteiger charge is 2.23. The smallest absolute Gasteiger partial charge is 0.191 e. The Morgan fingerprint density at radius 3 is 2.85 bits per heavy atom. The zero-order valence-corrected chi connectivity index (χ0v) is 18.6. The molecule has 1 aromatic heterocycles. The van der Waals surface area contributed by atoms with E-state index in [-0.39, 0.29) is 24.0 Å². The maximum Gasteiger partial charge on any atom is 0.191 e. The first-order valence-corrected chi connectivity index (χ1v) is 9.81. The second kappa shape index (κ2) is 10.7.